The number of carbonyl (C=O) groups excluding carboxylic acids is 2. The fraction of sp³-hybridized carbons (Fsp3) is 0.222. The van der Waals surface area contributed by atoms with E-state index in [1.165, 1.54) is 24.3 Å². The SMILES string of the molecule is O=C(CCCCl)Nc1ccc(C(=O)Nc2cccc(C(F)(F)F)c2)cc1. The van der Waals surface area contributed by atoms with Gasteiger partial charge in [-0.25, -0.2) is 0 Å². The van der Waals surface area contributed by atoms with E-state index in [-0.39, 0.29) is 17.2 Å². The number of amides is 2. The summed E-state index contributed by atoms with van der Waals surface area (Å²) in [7, 11) is 0. The highest BCUT2D eigenvalue weighted by Gasteiger charge is 2.30. The summed E-state index contributed by atoms with van der Waals surface area (Å²) in [6.07, 6.45) is -3.63. The van der Waals surface area contributed by atoms with E-state index in [2.05, 4.69) is 10.6 Å². The number of carbonyl (C=O) groups is 2. The lowest BCUT2D eigenvalue weighted by atomic mass is 10.1. The van der Waals surface area contributed by atoms with Crippen LogP contribution >= 0.6 is 11.6 Å². The van der Waals surface area contributed by atoms with E-state index >= 15 is 0 Å². The van der Waals surface area contributed by atoms with Crippen LogP contribution in [0, 0.1) is 0 Å². The molecule has 4 nitrogen and oxygen atoms in total. The van der Waals surface area contributed by atoms with E-state index in [1.807, 2.05) is 0 Å². The Hall–Kier alpha value is -2.54. The van der Waals surface area contributed by atoms with Gasteiger partial charge in [0, 0.05) is 29.2 Å². The van der Waals surface area contributed by atoms with Crippen LogP contribution in [0.4, 0.5) is 24.5 Å². The molecular weight excluding hydrogens is 369 g/mol. The van der Waals surface area contributed by atoms with Gasteiger partial charge in [-0.05, 0) is 48.9 Å². The van der Waals surface area contributed by atoms with Gasteiger partial charge in [0.1, 0.15) is 0 Å². The Bertz CT molecular complexity index is 777. The number of benzene rings is 2. The molecule has 2 rings (SSSR count). The fourth-order valence-corrected chi connectivity index (χ4v) is 2.27. The maximum atomic E-state index is 12.7. The molecule has 0 aliphatic carbocycles. The van der Waals surface area contributed by atoms with Gasteiger partial charge in [-0.3, -0.25) is 9.59 Å². The van der Waals surface area contributed by atoms with Crippen molar-refractivity contribution < 1.29 is 22.8 Å². The lowest BCUT2D eigenvalue weighted by Gasteiger charge is -2.10. The van der Waals surface area contributed by atoms with E-state index in [1.54, 1.807) is 12.1 Å². The number of nitrogens with one attached hydrogen (secondary N) is 2. The molecule has 0 aromatic heterocycles. The molecule has 8 heteroatoms. The molecule has 2 aromatic carbocycles. The second-order valence-corrected chi connectivity index (χ2v) is 5.83. The maximum Gasteiger partial charge on any atom is 0.416 e. The zero-order valence-electron chi connectivity index (χ0n) is 13.6. The molecule has 0 aliphatic heterocycles. The van der Waals surface area contributed by atoms with Gasteiger partial charge in [0.15, 0.2) is 0 Å². The number of hydrogen-bond donors (Lipinski definition) is 2. The van der Waals surface area contributed by atoms with Crippen LogP contribution in [0.25, 0.3) is 0 Å². The van der Waals surface area contributed by atoms with E-state index < -0.39 is 17.6 Å². The second-order valence-electron chi connectivity index (χ2n) is 5.45. The zero-order valence-corrected chi connectivity index (χ0v) is 14.3. The van der Waals surface area contributed by atoms with Gasteiger partial charge in [-0.2, -0.15) is 13.2 Å². The molecule has 0 atom stereocenters. The molecule has 0 unspecified atom stereocenters. The van der Waals surface area contributed by atoms with E-state index in [9.17, 15) is 22.8 Å². The van der Waals surface area contributed by atoms with Crippen molar-refractivity contribution >= 4 is 34.8 Å². The topological polar surface area (TPSA) is 58.2 Å². The van der Waals surface area contributed by atoms with Crippen LogP contribution in [0.15, 0.2) is 48.5 Å². The van der Waals surface area contributed by atoms with Gasteiger partial charge in [-0.15, -0.1) is 11.6 Å². The molecule has 0 fully saturated rings. The van der Waals surface area contributed by atoms with E-state index in [0.717, 1.165) is 12.1 Å². The molecule has 26 heavy (non-hydrogen) atoms. The molecule has 2 aromatic rings. The Labute approximate surface area is 153 Å². The summed E-state index contributed by atoms with van der Waals surface area (Å²) >= 11 is 5.52. The quantitative estimate of drug-likeness (QED) is 0.695. The van der Waals surface area contributed by atoms with Gasteiger partial charge in [0.25, 0.3) is 5.91 Å². The lowest BCUT2D eigenvalue weighted by molar-refractivity contribution is -0.137. The fourth-order valence-electron chi connectivity index (χ4n) is 2.13. The summed E-state index contributed by atoms with van der Waals surface area (Å²) in [5.74, 6) is -0.349. The average molecular weight is 385 g/mol. The highest BCUT2D eigenvalue weighted by atomic mass is 35.5. The maximum absolute atomic E-state index is 12.7. The van der Waals surface area contributed by atoms with Gasteiger partial charge < -0.3 is 10.6 Å². The Kier molecular flexibility index (Phi) is 6.63. The molecule has 0 heterocycles. The summed E-state index contributed by atoms with van der Waals surface area (Å²) in [6.45, 7) is 0. The van der Waals surface area contributed by atoms with Crippen molar-refractivity contribution in [1.29, 1.82) is 0 Å². The predicted molar refractivity (Wildman–Crippen MR) is 94.4 cm³/mol. The third kappa shape index (κ3) is 5.77. The Morgan fingerprint density at radius 2 is 1.65 bits per heavy atom. The normalized spacial score (nSPS) is 11.1. The number of alkyl halides is 4. The summed E-state index contributed by atoms with van der Waals surface area (Å²) in [5, 5.41) is 5.08. The Balaban J connectivity index is 2.01. The van der Waals surface area contributed by atoms with Crippen LogP contribution in [0.5, 0.6) is 0 Å². The van der Waals surface area contributed by atoms with Crippen molar-refractivity contribution in [2.45, 2.75) is 19.0 Å². The third-order valence-corrected chi connectivity index (χ3v) is 3.68. The second kappa shape index (κ2) is 8.71. The van der Waals surface area contributed by atoms with Crippen molar-refractivity contribution in [2.75, 3.05) is 16.5 Å². The highest BCUT2D eigenvalue weighted by Crippen LogP contribution is 2.30. The molecule has 0 radical (unpaired) electrons. The minimum absolute atomic E-state index is 0.0447. The summed E-state index contributed by atoms with van der Waals surface area (Å²) in [5.41, 5.74) is -0.0325. The summed E-state index contributed by atoms with van der Waals surface area (Å²) < 4.78 is 38.1. The van der Waals surface area contributed by atoms with Crippen LogP contribution in [-0.4, -0.2) is 17.7 Å². The average Bonchev–Trinajstić information content (AvgIpc) is 2.60. The largest absolute Gasteiger partial charge is 0.416 e. The van der Waals surface area contributed by atoms with Crippen LogP contribution in [-0.2, 0) is 11.0 Å². The van der Waals surface area contributed by atoms with E-state index in [4.69, 9.17) is 11.6 Å². The zero-order chi connectivity index (χ0) is 19.2. The van der Waals surface area contributed by atoms with E-state index in [0.29, 0.717) is 24.4 Å². The summed E-state index contributed by atoms with van der Waals surface area (Å²) in [6, 6.07) is 10.4. The van der Waals surface area contributed by atoms with Crippen LogP contribution in [0.2, 0.25) is 0 Å². The van der Waals surface area contributed by atoms with Gasteiger partial charge >= 0.3 is 6.18 Å². The molecule has 2 amide bonds. The molecule has 138 valence electrons. The highest BCUT2D eigenvalue weighted by molar-refractivity contribution is 6.18. The molecule has 0 saturated carbocycles. The number of rotatable bonds is 6. The lowest BCUT2D eigenvalue weighted by Crippen LogP contribution is -2.14. The number of hydrogen-bond acceptors (Lipinski definition) is 2. The third-order valence-electron chi connectivity index (χ3n) is 3.42. The standard InChI is InChI=1S/C18H16ClF3N2O2/c19-10-2-5-16(25)23-14-8-6-12(7-9-14)17(26)24-15-4-1-3-13(11-15)18(20,21)22/h1,3-4,6-9,11H,2,5,10H2,(H,23,25)(H,24,26). The number of anilines is 2. The summed E-state index contributed by atoms with van der Waals surface area (Å²) in [4.78, 5) is 23.8. The Morgan fingerprint density at radius 1 is 0.962 bits per heavy atom. The smallest absolute Gasteiger partial charge is 0.326 e. The molecule has 0 saturated heterocycles. The first kappa shape index (κ1) is 19.8. The van der Waals surface area contributed by atoms with Crippen molar-refractivity contribution in [3.05, 3.63) is 59.7 Å². The van der Waals surface area contributed by atoms with Crippen LogP contribution in [0.3, 0.4) is 0 Å². The first-order valence-corrected chi connectivity index (χ1v) is 8.27. The monoisotopic (exact) mass is 384 g/mol. The molecule has 0 spiro atoms. The van der Waals surface area contributed by atoms with Crippen molar-refractivity contribution in [2.24, 2.45) is 0 Å². The first-order chi connectivity index (χ1) is 12.3. The van der Waals surface area contributed by atoms with Gasteiger partial charge in [-0.1, -0.05) is 6.07 Å². The molecule has 2 N–H and O–H groups in total. The molecule has 0 aliphatic rings. The van der Waals surface area contributed by atoms with Crippen LogP contribution in [0.1, 0.15) is 28.8 Å². The van der Waals surface area contributed by atoms with Crippen molar-refractivity contribution in [1.82, 2.24) is 0 Å². The molecular formula is C18H16ClF3N2O2. The van der Waals surface area contributed by atoms with Gasteiger partial charge in [0.05, 0.1) is 5.56 Å². The van der Waals surface area contributed by atoms with Crippen molar-refractivity contribution in [3.63, 3.8) is 0 Å². The predicted octanol–water partition coefficient (Wildman–Crippen LogP) is 4.92. The minimum atomic E-state index is -4.48. The van der Waals surface area contributed by atoms with Crippen molar-refractivity contribution in [3.8, 4) is 0 Å². The van der Waals surface area contributed by atoms with Crippen LogP contribution < -0.4 is 10.6 Å². The Morgan fingerprint density at radius 3 is 2.27 bits per heavy atom. The molecule has 0 bridgehead atoms. The number of halogens is 4. The first-order valence-electron chi connectivity index (χ1n) is 7.74. The minimum Gasteiger partial charge on any atom is -0.326 e. The van der Waals surface area contributed by atoms with Gasteiger partial charge in [0.2, 0.25) is 5.91 Å².